The molecule has 1 aromatic heterocycles. The minimum Gasteiger partial charge on any atom is -0.618 e. The van der Waals surface area contributed by atoms with Crippen LogP contribution in [0.2, 0.25) is 0 Å². The highest BCUT2D eigenvalue weighted by molar-refractivity contribution is 5.84. The van der Waals surface area contributed by atoms with Gasteiger partial charge in [0.1, 0.15) is 0 Å². The molecule has 0 amide bonds. The zero-order valence-electron chi connectivity index (χ0n) is 7.86. The second-order valence-corrected chi connectivity index (χ2v) is 2.79. The summed E-state index contributed by atoms with van der Waals surface area (Å²) in [4.78, 5) is 0. The Morgan fingerprint density at radius 2 is 2.43 bits per heavy atom. The maximum atomic E-state index is 11.3. The molecule has 0 saturated carbocycles. The first-order chi connectivity index (χ1) is 6.69. The number of aliphatic hydroxyl groups excluding tert-OH is 1. The lowest BCUT2D eigenvalue weighted by atomic mass is 10.2. The van der Waals surface area contributed by atoms with Crippen molar-refractivity contribution >= 4 is 5.71 Å². The Balaban J connectivity index is 2.98. The van der Waals surface area contributed by atoms with Gasteiger partial charge in [-0.15, -0.1) is 0 Å². The number of pyridine rings is 1. The topological polar surface area (TPSA) is 80.2 Å². The van der Waals surface area contributed by atoms with E-state index in [1.165, 1.54) is 13.3 Å². The van der Waals surface area contributed by atoms with E-state index in [1.54, 1.807) is 12.1 Å². The van der Waals surface area contributed by atoms with Gasteiger partial charge in [0.25, 0.3) is 0 Å². The summed E-state index contributed by atoms with van der Waals surface area (Å²) in [6, 6.07) is 3.21. The van der Waals surface area contributed by atoms with Crippen LogP contribution >= 0.6 is 0 Å². The monoisotopic (exact) mass is 196 g/mol. The van der Waals surface area contributed by atoms with Gasteiger partial charge in [-0.2, -0.15) is 4.73 Å². The number of aromatic nitrogens is 1. The first-order valence-corrected chi connectivity index (χ1v) is 4.11. The summed E-state index contributed by atoms with van der Waals surface area (Å²) in [5.41, 5.74) is 0.424. The van der Waals surface area contributed by atoms with Crippen LogP contribution in [0, 0.1) is 10.6 Å². The third-order valence-electron chi connectivity index (χ3n) is 1.81. The molecule has 5 heteroatoms. The number of hydrogen-bond donors (Lipinski definition) is 2. The van der Waals surface area contributed by atoms with E-state index in [0.717, 1.165) is 0 Å². The van der Waals surface area contributed by atoms with Gasteiger partial charge in [-0.3, -0.25) is 0 Å². The molecule has 0 saturated heterocycles. The minimum atomic E-state index is -0.349. The maximum absolute atomic E-state index is 11.3. The molecule has 0 aliphatic heterocycles. The highest BCUT2D eigenvalue weighted by atomic mass is 16.5. The van der Waals surface area contributed by atoms with E-state index in [4.69, 9.17) is 15.3 Å². The number of hydrogen-bond acceptors (Lipinski definition) is 4. The zero-order valence-corrected chi connectivity index (χ0v) is 7.86. The molecule has 0 atom stereocenters. The van der Waals surface area contributed by atoms with Crippen LogP contribution < -0.4 is 9.47 Å². The van der Waals surface area contributed by atoms with Crippen molar-refractivity contribution in [1.29, 1.82) is 5.41 Å². The fraction of sp³-hybridized carbons (Fsp3) is 0.333. The van der Waals surface area contributed by atoms with E-state index in [-0.39, 0.29) is 18.7 Å². The molecule has 2 N–H and O–H groups in total. The molecule has 0 fully saturated rings. The molecule has 76 valence electrons. The Hall–Kier alpha value is -1.62. The van der Waals surface area contributed by atoms with Crippen LogP contribution in [-0.4, -0.2) is 24.5 Å². The van der Waals surface area contributed by atoms with E-state index in [1.807, 2.05) is 0 Å². The van der Waals surface area contributed by atoms with Crippen molar-refractivity contribution in [1.82, 2.24) is 0 Å². The summed E-state index contributed by atoms with van der Waals surface area (Å²) in [6.07, 6.45) is 1.44. The quantitative estimate of drug-likeness (QED) is 0.400. The van der Waals surface area contributed by atoms with Gasteiger partial charge in [0, 0.05) is 11.8 Å². The van der Waals surface area contributed by atoms with Gasteiger partial charge in [-0.05, 0) is 6.07 Å². The first kappa shape index (κ1) is 10.5. The van der Waals surface area contributed by atoms with Crippen LogP contribution in [0.3, 0.4) is 0 Å². The molecule has 14 heavy (non-hydrogen) atoms. The van der Waals surface area contributed by atoms with Crippen molar-refractivity contribution in [3.63, 3.8) is 0 Å². The van der Waals surface area contributed by atoms with Gasteiger partial charge in [0.2, 0.25) is 5.69 Å². The van der Waals surface area contributed by atoms with Crippen molar-refractivity contribution in [2.45, 2.75) is 6.42 Å². The molecule has 5 nitrogen and oxygen atoms in total. The normalized spacial score (nSPS) is 9.86. The summed E-state index contributed by atoms with van der Waals surface area (Å²) in [5.74, 6) is 0.431. The van der Waals surface area contributed by atoms with Crippen LogP contribution in [0.4, 0.5) is 0 Å². The van der Waals surface area contributed by atoms with Gasteiger partial charge >= 0.3 is 0 Å². The fourth-order valence-corrected chi connectivity index (χ4v) is 1.11. The van der Waals surface area contributed by atoms with Gasteiger partial charge in [-0.1, -0.05) is 0 Å². The summed E-state index contributed by atoms with van der Waals surface area (Å²) < 4.78 is 5.61. The second-order valence-electron chi connectivity index (χ2n) is 2.79. The predicted molar refractivity (Wildman–Crippen MR) is 50.5 cm³/mol. The number of aliphatic hydroxyl groups is 1. The SMILES string of the molecule is COc1ccc[n+]([O-])c1CC(=N)CO. The van der Waals surface area contributed by atoms with Crippen LogP contribution in [0.15, 0.2) is 18.3 Å². The van der Waals surface area contributed by atoms with Crippen LogP contribution in [0.25, 0.3) is 0 Å². The average molecular weight is 196 g/mol. The molecule has 0 spiro atoms. The summed E-state index contributed by atoms with van der Waals surface area (Å²) in [5, 5.41) is 27.3. The number of nitrogens with one attached hydrogen (secondary N) is 1. The highest BCUT2D eigenvalue weighted by Crippen LogP contribution is 2.13. The summed E-state index contributed by atoms with van der Waals surface area (Å²) in [7, 11) is 1.46. The van der Waals surface area contributed by atoms with Crippen molar-refractivity contribution in [2.24, 2.45) is 0 Å². The van der Waals surface area contributed by atoms with Gasteiger partial charge < -0.3 is 20.5 Å². The van der Waals surface area contributed by atoms with E-state index in [2.05, 4.69) is 0 Å². The number of rotatable bonds is 4. The molecule has 1 aromatic rings. The largest absolute Gasteiger partial charge is 0.618 e. The Morgan fingerprint density at radius 1 is 1.71 bits per heavy atom. The lowest BCUT2D eigenvalue weighted by Crippen LogP contribution is -2.33. The third kappa shape index (κ3) is 2.20. The molecule has 1 rings (SSSR count). The average Bonchev–Trinajstić information content (AvgIpc) is 2.20. The van der Waals surface area contributed by atoms with Crippen LogP contribution in [0.1, 0.15) is 5.69 Å². The molecule has 0 aromatic carbocycles. The van der Waals surface area contributed by atoms with E-state index in [0.29, 0.717) is 16.2 Å². The van der Waals surface area contributed by atoms with E-state index >= 15 is 0 Å². The molecule has 0 bridgehead atoms. The van der Waals surface area contributed by atoms with Crippen molar-refractivity contribution in [2.75, 3.05) is 13.7 Å². The lowest BCUT2D eigenvalue weighted by molar-refractivity contribution is -0.613. The Kier molecular flexibility index (Phi) is 3.41. The molecule has 0 radical (unpaired) electrons. The molecular formula is C9H12N2O3. The number of ether oxygens (including phenoxy) is 1. The third-order valence-corrected chi connectivity index (χ3v) is 1.81. The molecule has 0 aliphatic rings. The van der Waals surface area contributed by atoms with Crippen molar-refractivity contribution in [3.05, 3.63) is 29.2 Å². The molecule has 0 unspecified atom stereocenters. The summed E-state index contributed by atoms with van der Waals surface area (Å²) in [6.45, 7) is -0.349. The number of methoxy groups -OCH3 is 1. The molecule has 0 aliphatic carbocycles. The predicted octanol–water partition coefficient (Wildman–Crippen LogP) is -0.117. The Labute approximate surface area is 81.7 Å². The number of nitrogens with zero attached hydrogens (tertiary/aromatic N) is 1. The minimum absolute atomic E-state index is 0.0825. The van der Waals surface area contributed by atoms with Gasteiger partial charge in [0.15, 0.2) is 11.9 Å². The van der Waals surface area contributed by atoms with Crippen molar-refractivity contribution in [3.8, 4) is 5.75 Å². The molecule has 1 heterocycles. The highest BCUT2D eigenvalue weighted by Gasteiger charge is 2.14. The Bertz CT molecular complexity index is 339. The zero-order chi connectivity index (χ0) is 10.6. The second kappa shape index (κ2) is 4.57. The Morgan fingerprint density at radius 3 is 3.00 bits per heavy atom. The van der Waals surface area contributed by atoms with Gasteiger partial charge in [-0.25, -0.2) is 0 Å². The standard InChI is InChI=1S/C9H12N2O3/c1-14-9-3-2-4-11(13)8(9)5-7(10)6-12/h2-4,10,12H,5-6H2,1H3. The first-order valence-electron chi connectivity index (χ1n) is 4.11. The molecular weight excluding hydrogens is 184 g/mol. The van der Waals surface area contributed by atoms with E-state index < -0.39 is 0 Å². The van der Waals surface area contributed by atoms with Crippen molar-refractivity contribution < 1.29 is 14.6 Å². The van der Waals surface area contributed by atoms with E-state index in [9.17, 15) is 5.21 Å². The smallest absolute Gasteiger partial charge is 0.240 e. The van der Waals surface area contributed by atoms with Crippen LogP contribution in [0.5, 0.6) is 5.75 Å². The fourth-order valence-electron chi connectivity index (χ4n) is 1.11. The lowest BCUT2D eigenvalue weighted by Gasteiger charge is -2.08. The summed E-state index contributed by atoms with van der Waals surface area (Å²) >= 11 is 0. The van der Waals surface area contributed by atoms with Gasteiger partial charge in [0.05, 0.1) is 20.1 Å². The maximum Gasteiger partial charge on any atom is 0.240 e. The van der Waals surface area contributed by atoms with Crippen LogP contribution in [-0.2, 0) is 6.42 Å².